The predicted octanol–water partition coefficient (Wildman–Crippen LogP) is 0.797. The number of amides is 1. The van der Waals surface area contributed by atoms with Gasteiger partial charge in [-0.15, -0.1) is 0 Å². The molecule has 1 unspecified atom stereocenters. The maximum atomic E-state index is 10.7. The number of rotatable bonds is 3. The van der Waals surface area contributed by atoms with E-state index in [1.54, 1.807) is 0 Å². The van der Waals surface area contributed by atoms with Gasteiger partial charge in [0.25, 0.3) is 0 Å². The van der Waals surface area contributed by atoms with E-state index in [1.807, 2.05) is 13.8 Å². The van der Waals surface area contributed by atoms with E-state index < -0.39 is 0 Å². The molecule has 13 heavy (non-hydrogen) atoms. The third kappa shape index (κ3) is 2.55. The van der Waals surface area contributed by atoms with E-state index in [9.17, 15) is 4.79 Å². The van der Waals surface area contributed by atoms with Gasteiger partial charge < -0.3 is 15.8 Å². The molecule has 1 amide bonds. The molecular formula is C8H14N2O2S. The zero-order valence-electron chi connectivity index (χ0n) is 7.79. The molecule has 0 bridgehead atoms. The standard InChI is InChI=1S/C8H14N2O2S/c1-8(2,6(9)13)3-5-4-10-7(11)12-5/h5H,3-4H2,1-2H3,(H2,9,13)(H,10,11). The van der Waals surface area contributed by atoms with Crippen molar-refractivity contribution < 1.29 is 9.53 Å². The first-order valence-corrected chi connectivity index (χ1v) is 4.57. The first kappa shape index (κ1) is 10.2. The Morgan fingerprint density at radius 2 is 2.46 bits per heavy atom. The van der Waals surface area contributed by atoms with Gasteiger partial charge in [-0.3, -0.25) is 0 Å². The summed E-state index contributed by atoms with van der Waals surface area (Å²) < 4.78 is 4.98. The van der Waals surface area contributed by atoms with Crippen LogP contribution < -0.4 is 11.1 Å². The number of alkyl carbamates (subject to hydrolysis) is 1. The molecule has 0 saturated carbocycles. The number of cyclic esters (lactones) is 1. The third-order valence-corrected chi connectivity index (χ3v) is 2.71. The van der Waals surface area contributed by atoms with Crippen molar-refractivity contribution in [2.24, 2.45) is 11.1 Å². The van der Waals surface area contributed by atoms with Crippen molar-refractivity contribution >= 4 is 23.3 Å². The molecule has 1 aliphatic heterocycles. The molecule has 3 N–H and O–H groups in total. The van der Waals surface area contributed by atoms with Crippen molar-refractivity contribution in [3.63, 3.8) is 0 Å². The highest BCUT2D eigenvalue weighted by Crippen LogP contribution is 2.25. The van der Waals surface area contributed by atoms with Crippen molar-refractivity contribution in [1.82, 2.24) is 5.32 Å². The molecule has 1 aliphatic rings. The van der Waals surface area contributed by atoms with E-state index in [-0.39, 0.29) is 17.6 Å². The topological polar surface area (TPSA) is 64.3 Å². The summed E-state index contributed by atoms with van der Waals surface area (Å²) in [6.07, 6.45) is 0.203. The largest absolute Gasteiger partial charge is 0.444 e. The van der Waals surface area contributed by atoms with Crippen LogP contribution in [0.15, 0.2) is 0 Å². The van der Waals surface area contributed by atoms with Gasteiger partial charge >= 0.3 is 6.09 Å². The zero-order valence-corrected chi connectivity index (χ0v) is 8.61. The van der Waals surface area contributed by atoms with Crippen molar-refractivity contribution in [2.45, 2.75) is 26.4 Å². The van der Waals surface area contributed by atoms with Gasteiger partial charge in [-0.25, -0.2) is 4.79 Å². The fraction of sp³-hybridized carbons (Fsp3) is 0.750. The molecule has 1 fully saturated rings. The SMILES string of the molecule is CC(C)(CC1CNC(=O)O1)C(N)=S. The second-order valence-corrected chi connectivity index (χ2v) is 4.30. The first-order valence-electron chi connectivity index (χ1n) is 4.16. The molecule has 1 saturated heterocycles. The second kappa shape index (κ2) is 3.49. The van der Waals surface area contributed by atoms with E-state index >= 15 is 0 Å². The summed E-state index contributed by atoms with van der Waals surface area (Å²) in [7, 11) is 0. The highest BCUT2D eigenvalue weighted by Gasteiger charge is 2.31. The summed E-state index contributed by atoms with van der Waals surface area (Å²) in [5.41, 5.74) is 5.30. The highest BCUT2D eigenvalue weighted by molar-refractivity contribution is 7.80. The average Bonchev–Trinajstić information content (AvgIpc) is 2.34. The van der Waals surface area contributed by atoms with Gasteiger partial charge in [-0.1, -0.05) is 26.1 Å². The fourth-order valence-electron chi connectivity index (χ4n) is 1.22. The summed E-state index contributed by atoms with van der Waals surface area (Å²) in [4.78, 5) is 11.2. The van der Waals surface area contributed by atoms with Gasteiger partial charge in [-0.2, -0.15) is 0 Å². The Hall–Kier alpha value is -0.840. The van der Waals surface area contributed by atoms with Crippen molar-refractivity contribution in [3.05, 3.63) is 0 Å². The lowest BCUT2D eigenvalue weighted by molar-refractivity contribution is 0.122. The normalized spacial score (nSPS) is 22.3. The van der Waals surface area contributed by atoms with Crippen LogP contribution in [0.5, 0.6) is 0 Å². The molecule has 0 spiro atoms. The number of hydrogen-bond donors (Lipinski definition) is 2. The molecule has 4 nitrogen and oxygen atoms in total. The number of ether oxygens (including phenoxy) is 1. The number of thiocarbonyl (C=S) groups is 1. The summed E-state index contributed by atoms with van der Waals surface area (Å²) in [6, 6.07) is 0. The van der Waals surface area contributed by atoms with E-state index in [0.29, 0.717) is 18.0 Å². The Morgan fingerprint density at radius 3 is 2.85 bits per heavy atom. The van der Waals surface area contributed by atoms with Crippen LogP contribution in [0.1, 0.15) is 20.3 Å². The molecule has 74 valence electrons. The Balaban J connectivity index is 2.49. The van der Waals surface area contributed by atoms with E-state index in [1.165, 1.54) is 0 Å². The zero-order chi connectivity index (χ0) is 10.1. The fourth-order valence-corrected chi connectivity index (χ4v) is 1.30. The molecule has 0 aromatic carbocycles. The number of carbonyl (C=O) groups excluding carboxylic acids is 1. The van der Waals surface area contributed by atoms with Crippen LogP contribution in [-0.2, 0) is 4.74 Å². The van der Waals surface area contributed by atoms with Crippen LogP contribution in [0.25, 0.3) is 0 Å². The highest BCUT2D eigenvalue weighted by atomic mass is 32.1. The minimum atomic E-state index is -0.358. The van der Waals surface area contributed by atoms with Crippen LogP contribution in [0.3, 0.4) is 0 Å². The summed E-state index contributed by atoms with van der Waals surface area (Å²) in [5, 5.41) is 2.59. The smallest absolute Gasteiger partial charge is 0.407 e. The second-order valence-electron chi connectivity index (χ2n) is 3.86. The lowest BCUT2D eigenvalue weighted by atomic mass is 9.87. The maximum absolute atomic E-state index is 10.7. The summed E-state index contributed by atoms with van der Waals surface area (Å²) >= 11 is 4.91. The molecule has 0 aromatic heterocycles. The lowest BCUT2D eigenvalue weighted by Crippen LogP contribution is -2.34. The van der Waals surface area contributed by atoms with Crippen molar-refractivity contribution in [2.75, 3.05) is 6.54 Å². The number of hydrogen-bond acceptors (Lipinski definition) is 3. The van der Waals surface area contributed by atoms with Gasteiger partial charge in [0, 0.05) is 5.41 Å². The molecule has 1 heterocycles. The van der Waals surface area contributed by atoms with Crippen LogP contribution in [0.4, 0.5) is 4.79 Å². The molecular weight excluding hydrogens is 188 g/mol. The molecule has 0 aliphatic carbocycles. The van der Waals surface area contributed by atoms with Crippen molar-refractivity contribution in [3.8, 4) is 0 Å². The third-order valence-electron chi connectivity index (χ3n) is 2.15. The van der Waals surface area contributed by atoms with Gasteiger partial charge in [-0.05, 0) is 6.42 Å². The quantitative estimate of drug-likeness (QED) is 0.664. The lowest BCUT2D eigenvalue weighted by Gasteiger charge is -2.25. The Labute approximate surface area is 82.8 Å². The van der Waals surface area contributed by atoms with E-state index in [4.69, 9.17) is 22.7 Å². The Morgan fingerprint density at radius 1 is 1.85 bits per heavy atom. The number of nitrogens with two attached hydrogens (primary N) is 1. The molecule has 0 aromatic rings. The van der Waals surface area contributed by atoms with Gasteiger partial charge in [0.2, 0.25) is 0 Å². The van der Waals surface area contributed by atoms with Crippen LogP contribution >= 0.6 is 12.2 Å². The van der Waals surface area contributed by atoms with Crippen molar-refractivity contribution in [1.29, 1.82) is 0 Å². The van der Waals surface area contributed by atoms with Gasteiger partial charge in [0.1, 0.15) is 6.10 Å². The first-order chi connectivity index (χ1) is 5.92. The molecule has 0 radical (unpaired) electrons. The molecule has 5 heteroatoms. The number of carbonyl (C=O) groups is 1. The average molecular weight is 202 g/mol. The van der Waals surface area contributed by atoms with Crippen LogP contribution in [-0.4, -0.2) is 23.7 Å². The van der Waals surface area contributed by atoms with Gasteiger partial charge in [0.15, 0.2) is 0 Å². The summed E-state index contributed by atoms with van der Waals surface area (Å²) in [5.74, 6) is 0. The van der Waals surface area contributed by atoms with Crippen LogP contribution in [0, 0.1) is 5.41 Å². The Kier molecular flexibility index (Phi) is 2.75. The van der Waals surface area contributed by atoms with Gasteiger partial charge in [0.05, 0.1) is 11.5 Å². The van der Waals surface area contributed by atoms with Crippen LogP contribution in [0.2, 0.25) is 0 Å². The summed E-state index contributed by atoms with van der Waals surface area (Å²) in [6.45, 7) is 4.44. The maximum Gasteiger partial charge on any atom is 0.407 e. The Bertz CT molecular complexity index is 240. The molecule has 1 atom stereocenters. The number of nitrogens with one attached hydrogen (secondary N) is 1. The minimum Gasteiger partial charge on any atom is -0.444 e. The van der Waals surface area contributed by atoms with E-state index in [2.05, 4.69) is 5.32 Å². The minimum absolute atomic E-state index is 0.107. The monoisotopic (exact) mass is 202 g/mol. The molecule has 1 rings (SSSR count). The van der Waals surface area contributed by atoms with E-state index in [0.717, 1.165) is 0 Å². The predicted molar refractivity (Wildman–Crippen MR) is 53.5 cm³/mol.